The first-order valence-corrected chi connectivity index (χ1v) is 13.0. The molecule has 0 bridgehead atoms. The maximum atomic E-state index is 13.4. The van der Waals surface area contributed by atoms with Crippen molar-refractivity contribution in [1.29, 1.82) is 0 Å². The predicted molar refractivity (Wildman–Crippen MR) is 120 cm³/mol. The first kappa shape index (κ1) is 26.0. The molecular formula is C23H34F3N3O3S. The zero-order valence-electron chi connectivity index (χ0n) is 19.4. The van der Waals surface area contributed by atoms with Crippen LogP contribution in [-0.2, 0) is 21.0 Å². The van der Waals surface area contributed by atoms with Crippen LogP contribution in [0.3, 0.4) is 0 Å². The van der Waals surface area contributed by atoms with Crippen molar-refractivity contribution in [2.75, 3.05) is 20.1 Å². The first-order chi connectivity index (χ1) is 15.4. The van der Waals surface area contributed by atoms with E-state index >= 15 is 0 Å². The second kappa shape index (κ2) is 10.3. The van der Waals surface area contributed by atoms with Gasteiger partial charge >= 0.3 is 6.18 Å². The number of hydrogen-bond acceptors (Lipinski definition) is 4. The Morgan fingerprint density at radius 1 is 1.15 bits per heavy atom. The number of benzene rings is 1. The van der Waals surface area contributed by atoms with Gasteiger partial charge in [0.15, 0.2) is 0 Å². The molecule has 186 valence electrons. The Morgan fingerprint density at radius 2 is 1.76 bits per heavy atom. The molecule has 1 amide bonds. The van der Waals surface area contributed by atoms with Gasteiger partial charge in [-0.3, -0.25) is 4.79 Å². The highest BCUT2D eigenvalue weighted by molar-refractivity contribution is 7.89. The molecule has 33 heavy (non-hydrogen) atoms. The molecule has 6 nitrogen and oxygen atoms in total. The lowest BCUT2D eigenvalue weighted by atomic mass is 9.99. The normalized spacial score (nSPS) is 19.3. The summed E-state index contributed by atoms with van der Waals surface area (Å²) in [5.41, 5.74) is -0.972. The van der Waals surface area contributed by atoms with E-state index in [-0.39, 0.29) is 28.9 Å². The molecule has 0 aromatic heterocycles. The van der Waals surface area contributed by atoms with Gasteiger partial charge in [0.2, 0.25) is 15.9 Å². The maximum absolute atomic E-state index is 13.4. The Balaban J connectivity index is 1.69. The molecule has 1 aromatic carbocycles. The molecule has 10 heteroatoms. The topological polar surface area (TPSA) is 69.7 Å². The molecular weight excluding hydrogens is 455 g/mol. The number of likely N-dealkylation sites (tertiary alicyclic amines) is 1. The molecule has 1 aliphatic heterocycles. The van der Waals surface area contributed by atoms with Crippen LogP contribution in [0.4, 0.5) is 13.2 Å². The van der Waals surface area contributed by atoms with E-state index in [1.807, 2.05) is 7.05 Å². The zero-order valence-corrected chi connectivity index (χ0v) is 20.3. The van der Waals surface area contributed by atoms with Gasteiger partial charge in [-0.2, -0.15) is 17.5 Å². The number of amides is 1. The molecule has 1 heterocycles. The van der Waals surface area contributed by atoms with Crippen molar-refractivity contribution in [1.82, 2.24) is 14.5 Å². The lowest BCUT2D eigenvalue weighted by Crippen LogP contribution is -2.50. The highest BCUT2D eigenvalue weighted by Gasteiger charge is 2.44. The minimum absolute atomic E-state index is 0.0483. The fraction of sp³-hybridized carbons (Fsp3) is 0.696. The Labute approximate surface area is 194 Å². The summed E-state index contributed by atoms with van der Waals surface area (Å²) in [6, 6.07) is 3.55. The van der Waals surface area contributed by atoms with Gasteiger partial charge in [-0.15, -0.1) is 0 Å². The number of halogens is 3. The van der Waals surface area contributed by atoms with Crippen molar-refractivity contribution >= 4 is 15.9 Å². The summed E-state index contributed by atoms with van der Waals surface area (Å²) in [5, 5.41) is 3.19. The van der Waals surface area contributed by atoms with E-state index in [1.54, 1.807) is 4.90 Å². The van der Waals surface area contributed by atoms with Gasteiger partial charge in [-0.05, 0) is 63.3 Å². The van der Waals surface area contributed by atoms with Crippen LogP contribution in [0.15, 0.2) is 29.2 Å². The molecule has 0 spiro atoms. The third-order valence-corrected chi connectivity index (χ3v) is 8.41. The summed E-state index contributed by atoms with van der Waals surface area (Å²) in [5.74, 6) is 0.515. The van der Waals surface area contributed by atoms with Crippen molar-refractivity contribution < 1.29 is 26.4 Å². The SMILES string of the molecule is CNC(CC(=O)N1CCC(N(C2CC2)S(=O)(=O)c2cccc(C(F)(F)F)c2)CC1)CC(C)C. The number of carbonyl (C=O) groups is 1. The number of piperidine rings is 1. The fourth-order valence-corrected chi connectivity index (χ4v) is 6.53. The van der Waals surface area contributed by atoms with Crippen LogP contribution in [0, 0.1) is 5.92 Å². The van der Waals surface area contributed by atoms with Crippen molar-refractivity contribution in [3.63, 3.8) is 0 Å². The van der Waals surface area contributed by atoms with Crippen LogP contribution in [0.25, 0.3) is 0 Å². The summed E-state index contributed by atoms with van der Waals surface area (Å²) in [4.78, 5) is 14.2. The van der Waals surface area contributed by atoms with Crippen molar-refractivity contribution in [2.45, 2.75) is 81.6 Å². The van der Waals surface area contributed by atoms with Gasteiger partial charge in [-0.1, -0.05) is 19.9 Å². The largest absolute Gasteiger partial charge is 0.416 e. The molecule has 2 fully saturated rings. The van der Waals surface area contributed by atoms with E-state index in [1.165, 1.54) is 10.4 Å². The van der Waals surface area contributed by atoms with Gasteiger partial charge in [0.05, 0.1) is 10.5 Å². The van der Waals surface area contributed by atoms with Gasteiger partial charge in [0, 0.05) is 37.6 Å². The van der Waals surface area contributed by atoms with Crippen molar-refractivity contribution in [3.05, 3.63) is 29.8 Å². The monoisotopic (exact) mass is 489 g/mol. The summed E-state index contributed by atoms with van der Waals surface area (Å²) in [7, 11) is -2.23. The van der Waals surface area contributed by atoms with Crippen LogP contribution in [0.5, 0.6) is 0 Å². The van der Waals surface area contributed by atoms with E-state index < -0.39 is 21.8 Å². The Hall–Kier alpha value is -1.65. The number of hydrogen-bond donors (Lipinski definition) is 1. The number of sulfonamides is 1. The lowest BCUT2D eigenvalue weighted by Gasteiger charge is -2.38. The number of rotatable bonds is 9. The van der Waals surface area contributed by atoms with Crippen LogP contribution in [-0.4, -0.2) is 61.8 Å². The number of nitrogens with one attached hydrogen (secondary N) is 1. The molecule has 1 saturated carbocycles. The van der Waals surface area contributed by atoms with Crippen molar-refractivity contribution in [2.24, 2.45) is 5.92 Å². The maximum Gasteiger partial charge on any atom is 0.416 e. The van der Waals surface area contributed by atoms with Crippen LogP contribution >= 0.6 is 0 Å². The van der Waals surface area contributed by atoms with Gasteiger partial charge in [0.25, 0.3) is 0 Å². The van der Waals surface area contributed by atoms with E-state index in [2.05, 4.69) is 19.2 Å². The molecule has 1 saturated heterocycles. The predicted octanol–water partition coefficient (Wildman–Crippen LogP) is 3.87. The third-order valence-electron chi connectivity index (χ3n) is 6.41. The van der Waals surface area contributed by atoms with E-state index in [4.69, 9.17) is 0 Å². The molecule has 1 aromatic rings. The first-order valence-electron chi connectivity index (χ1n) is 11.6. The molecule has 1 atom stereocenters. The molecule has 1 unspecified atom stereocenters. The lowest BCUT2D eigenvalue weighted by molar-refractivity contribution is -0.137. The molecule has 1 N–H and O–H groups in total. The highest BCUT2D eigenvalue weighted by atomic mass is 32.2. The number of alkyl halides is 3. The second-order valence-electron chi connectivity index (χ2n) is 9.52. The minimum Gasteiger partial charge on any atom is -0.343 e. The second-order valence-corrected chi connectivity index (χ2v) is 11.4. The molecule has 1 aliphatic carbocycles. The molecule has 3 rings (SSSR count). The molecule has 2 aliphatic rings. The Morgan fingerprint density at radius 3 is 2.27 bits per heavy atom. The Kier molecular flexibility index (Phi) is 8.11. The fourth-order valence-electron chi connectivity index (χ4n) is 4.56. The zero-order chi connectivity index (χ0) is 24.4. The quantitative estimate of drug-likeness (QED) is 0.572. The average molecular weight is 490 g/mol. The average Bonchev–Trinajstić information content (AvgIpc) is 3.57. The minimum atomic E-state index is -4.61. The van der Waals surface area contributed by atoms with Gasteiger partial charge < -0.3 is 10.2 Å². The summed E-state index contributed by atoms with van der Waals surface area (Å²) in [6.45, 7) is 5.11. The van der Waals surface area contributed by atoms with E-state index in [0.717, 1.165) is 24.6 Å². The van der Waals surface area contributed by atoms with Crippen molar-refractivity contribution in [3.8, 4) is 0 Å². The van der Waals surface area contributed by atoms with Gasteiger partial charge in [-0.25, -0.2) is 8.42 Å². The third kappa shape index (κ3) is 6.48. The molecule has 0 radical (unpaired) electrons. The Bertz CT molecular complexity index is 924. The number of carbonyl (C=O) groups excluding carboxylic acids is 1. The van der Waals surface area contributed by atoms with Gasteiger partial charge in [0.1, 0.15) is 0 Å². The van der Waals surface area contributed by atoms with Crippen LogP contribution in [0.1, 0.15) is 57.9 Å². The highest BCUT2D eigenvalue weighted by Crippen LogP contribution is 2.38. The van der Waals surface area contributed by atoms with Crippen LogP contribution in [0.2, 0.25) is 0 Å². The standard InChI is InChI=1S/C23H34F3N3O3S/c1-16(2)13-18(27-3)15-22(30)28-11-9-20(10-12-28)29(19-7-8-19)33(31,32)21-6-4-5-17(14-21)23(24,25)26/h4-6,14,16,18-20,27H,7-13,15H2,1-3H3. The van der Waals surface area contributed by atoms with E-state index in [9.17, 15) is 26.4 Å². The van der Waals surface area contributed by atoms with Crippen LogP contribution < -0.4 is 5.32 Å². The summed E-state index contributed by atoms with van der Waals surface area (Å²) < 4.78 is 67.6. The van der Waals surface area contributed by atoms with E-state index in [0.29, 0.717) is 51.1 Å². The smallest absolute Gasteiger partial charge is 0.343 e. The summed E-state index contributed by atoms with van der Waals surface area (Å²) >= 11 is 0. The summed E-state index contributed by atoms with van der Waals surface area (Å²) in [6.07, 6.45) is -0.948. The number of nitrogens with zero attached hydrogens (tertiary/aromatic N) is 2.